The summed E-state index contributed by atoms with van der Waals surface area (Å²) in [6.45, 7) is 0. The van der Waals surface area contributed by atoms with Gasteiger partial charge in [-0.3, -0.25) is 4.99 Å². The van der Waals surface area contributed by atoms with E-state index in [0.717, 1.165) is 26.6 Å². The molecule has 8 heteroatoms. The number of benzene rings is 1. The van der Waals surface area contributed by atoms with Crippen LogP contribution in [0.1, 0.15) is 27.7 Å². The lowest BCUT2D eigenvalue weighted by atomic mass is 10.0. The van der Waals surface area contributed by atoms with E-state index in [1.54, 1.807) is 18.3 Å². The van der Waals surface area contributed by atoms with E-state index in [0.29, 0.717) is 17.3 Å². The number of amidine groups is 1. The third kappa shape index (κ3) is 2.83. The van der Waals surface area contributed by atoms with Crippen LogP contribution in [0, 0.1) is 17.1 Å². The van der Waals surface area contributed by atoms with E-state index >= 15 is 0 Å². The fraction of sp³-hybridized carbons (Fsp3) is 0.111. The minimum Gasteiger partial charge on any atom is -0.383 e. The van der Waals surface area contributed by atoms with Gasteiger partial charge in [0.05, 0.1) is 27.9 Å². The minimum atomic E-state index is -0.542. The van der Waals surface area contributed by atoms with E-state index in [1.807, 2.05) is 6.07 Å². The molecule has 3 heterocycles. The fourth-order valence-electron chi connectivity index (χ4n) is 2.87. The first-order valence-electron chi connectivity index (χ1n) is 7.68. The number of nitrogens with zero attached hydrogens (tertiary/aromatic N) is 4. The standard InChI is InChI=1S/C18H11ClFN5S/c19-12-4-16(9-1-2-13(20)10(3-9)6-21)26-17(12)15-5-14-11(18(22)25-15)7-23-8-24-14/h1-4,7-8,15H,5H2,(H2,22,25). The number of thiophene rings is 1. The summed E-state index contributed by atoms with van der Waals surface area (Å²) in [5.41, 5.74) is 8.36. The van der Waals surface area contributed by atoms with Gasteiger partial charge < -0.3 is 5.73 Å². The molecule has 0 saturated carbocycles. The Morgan fingerprint density at radius 3 is 3.00 bits per heavy atom. The molecular weight excluding hydrogens is 373 g/mol. The summed E-state index contributed by atoms with van der Waals surface area (Å²) in [5, 5.41) is 9.58. The molecule has 0 spiro atoms. The molecule has 0 bridgehead atoms. The molecule has 0 saturated heterocycles. The second kappa shape index (κ2) is 6.48. The van der Waals surface area contributed by atoms with Gasteiger partial charge in [0.15, 0.2) is 0 Å². The second-order valence-electron chi connectivity index (χ2n) is 5.75. The van der Waals surface area contributed by atoms with Crippen molar-refractivity contribution >= 4 is 28.8 Å². The van der Waals surface area contributed by atoms with Crippen LogP contribution in [-0.2, 0) is 6.42 Å². The maximum atomic E-state index is 13.6. The lowest BCUT2D eigenvalue weighted by molar-refractivity contribution is 0.624. The van der Waals surface area contributed by atoms with Crippen molar-refractivity contribution in [3.8, 4) is 16.5 Å². The first-order chi connectivity index (χ1) is 12.6. The van der Waals surface area contributed by atoms with Crippen LogP contribution >= 0.6 is 22.9 Å². The van der Waals surface area contributed by atoms with Gasteiger partial charge in [0.25, 0.3) is 0 Å². The molecule has 0 aliphatic carbocycles. The van der Waals surface area contributed by atoms with Crippen LogP contribution in [-0.4, -0.2) is 15.8 Å². The monoisotopic (exact) mass is 383 g/mol. The average Bonchev–Trinajstić information content (AvgIpc) is 3.04. The van der Waals surface area contributed by atoms with Gasteiger partial charge >= 0.3 is 0 Å². The number of rotatable bonds is 2. The Hall–Kier alpha value is -2.82. The molecule has 3 aromatic rings. The van der Waals surface area contributed by atoms with E-state index in [-0.39, 0.29) is 11.6 Å². The van der Waals surface area contributed by atoms with Crippen molar-refractivity contribution < 1.29 is 4.39 Å². The zero-order valence-electron chi connectivity index (χ0n) is 13.3. The first-order valence-corrected chi connectivity index (χ1v) is 8.88. The quantitative estimate of drug-likeness (QED) is 0.727. The molecule has 0 amide bonds. The molecule has 1 aliphatic heterocycles. The number of hydrogen-bond acceptors (Lipinski definition) is 6. The number of nitrogens with two attached hydrogens (primary N) is 1. The lowest BCUT2D eigenvalue weighted by Gasteiger charge is -2.19. The van der Waals surface area contributed by atoms with Crippen LogP contribution < -0.4 is 5.73 Å². The summed E-state index contributed by atoms with van der Waals surface area (Å²) < 4.78 is 13.6. The van der Waals surface area contributed by atoms with E-state index < -0.39 is 5.82 Å². The molecule has 5 nitrogen and oxygen atoms in total. The molecule has 4 rings (SSSR count). The largest absolute Gasteiger partial charge is 0.383 e. The van der Waals surface area contributed by atoms with Gasteiger partial charge in [0.1, 0.15) is 24.0 Å². The van der Waals surface area contributed by atoms with E-state index in [1.165, 1.54) is 29.8 Å². The van der Waals surface area contributed by atoms with E-state index in [2.05, 4.69) is 15.0 Å². The predicted octanol–water partition coefficient (Wildman–Crippen LogP) is 3.87. The van der Waals surface area contributed by atoms with E-state index in [4.69, 9.17) is 22.6 Å². The van der Waals surface area contributed by atoms with E-state index in [9.17, 15) is 4.39 Å². The molecular formula is C18H11ClFN5S. The topological polar surface area (TPSA) is 88.0 Å². The van der Waals surface area contributed by atoms with Gasteiger partial charge in [0.2, 0.25) is 0 Å². The Morgan fingerprint density at radius 2 is 2.19 bits per heavy atom. The fourth-order valence-corrected chi connectivity index (χ4v) is 4.37. The third-order valence-corrected chi connectivity index (χ3v) is 5.85. The second-order valence-corrected chi connectivity index (χ2v) is 7.24. The van der Waals surface area contributed by atoms with Crippen LogP contribution in [0.15, 0.2) is 41.8 Å². The maximum absolute atomic E-state index is 13.6. The molecule has 1 unspecified atom stereocenters. The summed E-state index contributed by atoms with van der Waals surface area (Å²) in [4.78, 5) is 14.5. The first kappa shape index (κ1) is 16.6. The highest BCUT2D eigenvalue weighted by molar-refractivity contribution is 7.16. The molecule has 1 aromatic carbocycles. The Balaban J connectivity index is 1.73. The van der Waals surface area contributed by atoms with Gasteiger partial charge in [-0.15, -0.1) is 11.3 Å². The molecule has 2 N–H and O–H groups in total. The van der Waals surface area contributed by atoms with Crippen LogP contribution in [0.4, 0.5) is 4.39 Å². The Kier molecular flexibility index (Phi) is 4.15. The third-order valence-electron chi connectivity index (χ3n) is 4.14. The van der Waals surface area contributed by atoms with Crippen molar-refractivity contribution in [1.82, 2.24) is 9.97 Å². The molecule has 1 atom stereocenters. The molecule has 0 fully saturated rings. The van der Waals surface area contributed by atoms with Crippen molar-refractivity contribution in [2.75, 3.05) is 0 Å². The Bertz CT molecular complexity index is 1090. The van der Waals surface area contributed by atoms with Crippen molar-refractivity contribution in [1.29, 1.82) is 5.26 Å². The minimum absolute atomic E-state index is 0.000804. The molecule has 2 aromatic heterocycles. The summed E-state index contributed by atoms with van der Waals surface area (Å²) in [6.07, 6.45) is 3.71. The number of aliphatic imine (C=N–C) groups is 1. The highest BCUT2D eigenvalue weighted by atomic mass is 35.5. The SMILES string of the molecule is N#Cc1cc(-c2cc(Cl)c(C3Cc4ncncc4C(N)=N3)s2)ccc1F. The highest BCUT2D eigenvalue weighted by Crippen LogP contribution is 2.41. The highest BCUT2D eigenvalue weighted by Gasteiger charge is 2.26. The Morgan fingerprint density at radius 1 is 1.35 bits per heavy atom. The van der Waals surface area contributed by atoms with Crippen LogP contribution in [0.2, 0.25) is 5.02 Å². The van der Waals surface area contributed by atoms with Crippen molar-refractivity contribution in [2.24, 2.45) is 10.7 Å². The molecule has 26 heavy (non-hydrogen) atoms. The average molecular weight is 384 g/mol. The predicted molar refractivity (Wildman–Crippen MR) is 98.6 cm³/mol. The summed E-state index contributed by atoms with van der Waals surface area (Å²) in [5.74, 6) is -0.156. The van der Waals surface area contributed by atoms with Gasteiger partial charge in [-0.25, -0.2) is 14.4 Å². The summed E-state index contributed by atoms with van der Waals surface area (Å²) in [6, 6.07) is 7.84. The molecule has 0 radical (unpaired) electrons. The number of fused-ring (bicyclic) bond motifs is 1. The number of hydrogen-bond donors (Lipinski definition) is 1. The van der Waals surface area contributed by atoms with Crippen LogP contribution in [0.5, 0.6) is 0 Å². The Labute approximate surface area is 157 Å². The van der Waals surface area contributed by atoms with Gasteiger partial charge in [-0.1, -0.05) is 17.7 Å². The van der Waals surface area contributed by atoms with Crippen LogP contribution in [0.3, 0.4) is 0 Å². The lowest BCUT2D eigenvalue weighted by Crippen LogP contribution is -2.23. The number of aromatic nitrogens is 2. The molecule has 1 aliphatic rings. The zero-order chi connectivity index (χ0) is 18.3. The number of halogens is 2. The van der Waals surface area contributed by atoms with Crippen molar-refractivity contribution in [3.05, 3.63) is 69.3 Å². The zero-order valence-corrected chi connectivity index (χ0v) is 14.9. The summed E-state index contributed by atoms with van der Waals surface area (Å²) in [7, 11) is 0. The summed E-state index contributed by atoms with van der Waals surface area (Å²) >= 11 is 7.89. The van der Waals surface area contributed by atoms with Crippen molar-refractivity contribution in [3.63, 3.8) is 0 Å². The normalized spacial score (nSPS) is 15.9. The molecule has 128 valence electrons. The van der Waals surface area contributed by atoms with Gasteiger partial charge in [0, 0.05) is 22.4 Å². The maximum Gasteiger partial charge on any atom is 0.140 e. The van der Waals surface area contributed by atoms with Gasteiger partial charge in [-0.2, -0.15) is 5.26 Å². The number of nitriles is 1. The van der Waals surface area contributed by atoms with Crippen molar-refractivity contribution in [2.45, 2.75) is 12.5 Å². The van der Waals surface area contributed by atoms with Gasteiger partial charge in [-0.05, 0) is 23.8 Å². The van der Waals surface area contributed by atoms with Crippen LogP contribution in [0.25, 0.3) is 10.4 Å². The smallest absolute Gasteiger partial charge is 0.140 e.